The summed E-state index contributed by atoms with van der Waals surface area (Å²) in [7, 11) is -2.48. The maximum atomic E-state index is 13.6. The lowest BCUT2D eigenvalue weighted by atomic mass is 10.1. The van der Waals surface area contributed by atoms with Gasteiger partial charge in [0, 0.05) is 16.2 Å². The number of nitrogens with zero attached hydrogens (tertiary/aromatic N) is 2. The third-order valence-corrected chi connectivity index (χ3v) is 7.94. The third-order valence-electron chi connectivity index (χ3n) is 4.10. The van der Waals surface area contributed by atoms with Gasteiger partial charge in [0.25, 0.3) is 0 Å². The van der Waals surface area contributed by atoms with Crippen LogP contribution in [0.1, 0.15) is 10.6 Å². The molecule has 0 spiro atoms. The number of thioether (sulfide) groups is 1. The highest BCUT2D eigenvalue weighted by Gasteiger charge is 2.42. The summed E-state index contributed by atoms with van der Waals surface area (Å²) in [5.74, 6) is 0.753. The molecule has 4 rings (SSSR count). The molecule has 148 valence electrons. The third kappa shape index (κ3) is 3.19. The molecule has 28 heavy (non-hydrogen) atoms. The summed E-state index contributed by atoms with van der Waals surface area (Å²) in [4.78, 5) is 0.597. The van der Waals surface area contributed by atoms with Gasteiger partial charge in [-0.1, -0.05) is 0 Å². The first kappa shape index (κ1) is 19.3. The normalized spacial score (nSPS) is 13.9. The Balaban J connectivity index is 1.98. The average Bonchev–Trinajstić information content (AvgIpc) is 3.22. The van der Waals surface area contributed by atoms with Crippen molar-refractivity contribution >= 4 is 33.1 Å². The van der Waals surface area contributed by atoms with Crippen LogP contribution < -0.4 is 9.88 Å². The van der Waals surface area contributed by atoms with Crippen LogP contribution in [0.2, 0.25) is 0 Å². The van der Waals surface area contributed by atoms with Gasteiger partial charge in [0.2, 0.25) is 10.0 Å². The zero-order chi connectivity index (χ0) is 20.3. The lowest BCUT2D eigenvalue weighted by molar-refractivity contribution is -0.143. The molecular formula is C16H12F3N3O3S3. The molecule has 2 N–H and O–H groups in total. The van der Waals surface area contributed by atoms with Crippen molar-refractivity contribution in [2.45, 2.75) is 21.0 Å². The smallest absolute Gasteiger partial charge is 0.436 e. The Bertz CT molecular complexity index is 1170. The first-order valence-electron chi connectivity index (χ1n) is 7.73. The number of hydrogen-bond acceptors (Lipinski definition) is 6. The highest BCUT2D eigenvalue weighted by molar-refractivity contribution is 7.99. The molecule has 0 radical (unpaired) electrons. The largest absolute Gasteiger partial charge is 0.497 e. The predicted molar refractivity (Wildman–Crippen MR) is 99.4 cm³/mol. The van der Waals surface area contributed by atoms with E-state index in [1.807, 2.05) is 0 Å². The topological polar surface area (TPSA) is 87.2 Å². The van der Waals surface area contributed by atoms with Crippen molar-refractivity contribution in [1.29, 1.82) is 0 Å². The molecule has 3 heterocycles. The number of primary sulfonamides is 1. The Morgan fingerprint density at radius 3 is 2.50 bits per heavy atom. The SMILES string of the molecule is COc1ccc(-n2nc(C(F)(F)F)c3c2-c2cc(S(N)(=O)=O)sc2CS3)cc1. The van der Waals surface area contributed by atoms with Crippen LogP contribution in [0.4, 0.5) is 13.2 Å². The number of benzene rings is 1. The number of fused-ring (bicyclic) bond motifs is 3. The first-order valence-corrected chi connectivity index (χ1v) is 11.1. The average molecular weight is 447 g/mol. The van der Waals surface area contributed by atoms with Crippen LogP contribution in [0.3, 0.4) is 0 Å². The molecular weight excluding hydrogens is 435 g/mol. The Morgan fingerprint density at radius 1 is 1.25 bits per heavy atom. The van der Waals surface area contributed by atoms with Crippen molar-refractivity contribution in [3.05, 3.63) is 40.9 Å². The van der Waals surface area contributed by atoms with Gasteiger partial charge >= 0.3 is 6.18 Å². The fourth-order valence-electron chi connectivity index (χ4n) is 2.86. The summed E-state index contributed by atoms with van der Waals surface area (Å²) in [6.45, 7) is 0. The molecule has 1 aliphatic heterocycles. The van der Waals surface area contributed by atoms with E-state index in [2.05, 4.69) is 5.10 Å². The van der Waals surface area contributed by atoms with Gasteiger partial charge in [0.15, 0.2) is 5.69 Å². The van der Waals surface area contributed by atoms with E-state index in [9.17, 15) is 21.6 Å². The van der Waals surface area contributed by atoms with E-state index < -0.39 is 21.9 Å². The van der Waals surface area contributed by atoms with Crippen LogP contribution in [0.25, 0.3) is 16.9 Å². The summed E-state index contributed by atoms with van der Waals surface area (Å²) in [5.41, 5.74) is -0.0156. The van der Waals surface area contributed by atoms with Crippen LogP contribution in [0, 0.1) is 0 Å². The molecule has 0 saturated carbocycles. The highest BCUT2D eigenvalue weighted by atomic mass is 32.2. The Morgan fingerprint density at radius 2 is 1.93 bits per heavy atom. The quantitative estimate of drug-likeness (QED) is 0.658. The lowest BCUT2D eigenvalue weighted by Gasteiger charge is -2.15. The summed E-state index contributed by atoms with van der Waals surface area (Å²) in [6, 6.07) is 7.69. The van der Waals surface area contributed by atoms with Gasteiger partial charge in [-0.15, -0.1) is 23.1 Å². The maximum Gasteiger partial charge on any atom is 0.436 e. The number of thiophene rings is 1. The minimum absolute atomic E-state index is 0.0328. The molecule has 0 aliphatic carbocycles. The molecule has 1 aromatic carbocycles. The van der Waals surface area contributed by atoms with E-state index in [-0.39, 0.29) is 20.6 Å². The second kappa shape index (κ2) is 6.51. The predicted octanol–water partition coefficient (Wildman–Crippen LogP) is 3.88. The summed E-state index contributed by atoms with van der Waals surface area (Å²) in [5, 5.41) is 9.02. The molecule has 3 aromatic rings. The van der Waals surface area contributed by atoms with Crippen LogP contribution in [0.5, 0.6) is 5.75 Å². The standard InChI is InChI=1S/C16H12F3N3O3S3/c1-25-9-4-2-8(3-5-9)22-13-10-6-12(28(20,23)24)27-11(10)7-26-14(13)15(21-22)16(17,18)19/h2-6H,7H2,1H3,(H2,20,23,24). The van der Waals surface area contributed by atoms with Crippen LogP contribution in [0.15, 0.2) is 39.4 Å². The van der Waals surface area contributed by atoms with Gasteiger partial charge in [-0.05, 0) is 30.3 Å². The summed E-state index contributed by atoms with van der Waals surface area (Å²) in [6.07, 6.45) is -4.65. The first-order chi connectivity index (χ1) is 13.1. The van der Waals surface area contributed by atoms with E-state index in [4.69, 9.17) is 9.88 Å². The van der Waals surface area contributed by atoms with Gasteiger partial charge < -0.3 is 4.74 Å². The van der Waals surface area contributed by atoms with Gasteiger partial charge in [-0.2, -0.15) is 18.3 Å². The van der Waals surface area contributed by atoms with Crippen molar-refractivity contribution in [1.82, 2.24) is 9.78 Å². The fourth-order valence-corrected chi connectivity index (χ4v) is 6.07. The second-order valence-corrected chi connectivity index (χ2v) is 9.78. The molecule has 6 nitrogen and oxygen atoms in total. The molecule has 2 aromatic heterocycles. The number of alkyl halides is 3. The molecule has 1 aliphatic rings. The minimum atomic E-state index is -4.65. The van der Waals surface area contributed by atoms with Crippen LogP contribution in [-0.2, 0) is 22.0 Å². The van der Waals surface area contributed by atoms with E-state index in [0.29, 0.717) is 21.9 Å². The number of rotatable bonds is 3. The monoisotopic (exact) mass is 447 g/mol. The number of ether oxygens (including phenoxy) is 1. The number of halogens is 3. The van der Waals surface area contributed by atoms with E-state index in [1.165, 1.54) is 17.9 Å². The summed E-state index contributed by atoms with van der Waals surface area (Å²) >= 11 is 1.94. The van der Waals surface area contributed by atoms with Gasteiger partial charge in [0.05, 0.1) is 23.4 Å². The van der Waals surface area contributed by atoms with Gasteiger partial charge in [0.1, 0.15) is 9.96 Å². The number of nitrogens with two attached hydrogens (primary N) is 1. The Kier molecular flexibility index (Phi) is 4.49. The van der Waals surface area contributed by atoms with Crippen LogP contribution in [-0.4, -0.2) is 25.3 Å². The fraction of sp³-hybridized carbons (Fsp3) is 0.188. The zero-order valence-corrected chi connectivity index (χ0v) is 16.6. The zero-order valence-electron chi connectivity index (χ0n) is 14.1. The van der Waals surface area contributed by atoms with Crippen molar-refractivity contribution in [2.75, 3.05) is 7.11 Å². The molecule has 0 fully saturated rings. The second-order valence-electron chi connectivity index (χ2n) is 5.87. The van der Waals surface area contributed by atoms with E-state index in [0.717, 1.165) is 23.1 Å². The van der Waals surface area contributed by atoms with Crippen molar-refractivity contribution in [3.63, 3.8) is 0 Å². The van der Waals surface area contributed by atoms with Crippen molar-refractivity contribution < 1.29 is 26.3 Å². The number of sulfonamides is 1. The van der Waals surface area contributed by atoms with Crippen molar-refractivity contribution in [3.8, 4) is 22.7 Å². The maximum absolute atomic E-state index is 13.6. The minimum Gasteiger partial charge on any atom is -0.497 e. The summed E-state index contributed by atoms with van der Waals surface area (Å²) < 4.78 is 70.3. The molecule has 12 heteroatoms. The van der Waals surface area contributed by atoms with Gasteiger partial charge in [-0.25, -0.2) is 18.2 Å². The van der Waals surface area contributed by atoms with Gasteiger partial charge in [-0.3, -0.25) is 0 Å². The number of methoxy groups -OCH3 is 1. The molecule has 0 saturated heterocycles. The highest BCUT2D eigenvalue weighted by Crippen LogP contribution is 2.50. The number of aromatic nitrogens is 2. The molecule has 0 unspecified atom stereocenters. The molecule has 0 amide bonds. The lowest BCUT2D eigenvalue weighted by Crippen LogP contribution is -2.10. The molecule has 0 atom stereocenters. The number of hydrogen-bond donors (Lipinski definition) is 1. The Hall–Kier alpha value is -2.02. The Labute approximate surface area is 166 Å². The van der Waals surface area contributed by atoms with Crippen molar-refractivity contribution in [2.24, 2.45) is 5.14 Å². The molecule has 0 bridgehead atoms. The van der Waals surface area contributed by atoms with Crippen LogP contribution >= 0.6 is 23.1 Å². The van der Waals surface area contributed by atoms with E-state index in [1.54, 1.807) is 24.3 Å². The van der Waals surface area contributed by atoms with E-state index >= 15 is 0 Å².